The number of nitrogen functional groups attached to an aromatic ring is 1. The lowest BCUT2D eigenvalue weighted by Crippen LogP contribution is -2.63. The number of benzene rings is 2. The number of anilines is 2. The molecule has 57 heavy (non-hydrogen) atoms. The molecule has 4 saturated heterocycles. The molecule has 17 heteroatoms. The van der Waals surface area contributed by atoms with Gasteiger partial charge in [0.2, 0.25) is 0 Å². The summed E-state index contributed by atoms with van der Waals surface area (Å²) < 4.78 is 46.6. The lowest BCUT2D eigenvalue weighted by Gasteiger charge is -2.46. The second kappa shape index (κ2) is 13.4. The quantitative estimate of drug-likeness (QED) is 0.187. The van der Waals surface area contributed by atoms with Gasteiger partial charge >= 0.3 is 12.0 Å². The molecule has 7 heterocycles. The summed E-state index contributed by atoms with van der Waals surface area (Å²) in [5, 5.41) is 15.0. The number of halogens is 3. The van der Waals surface area contributed by atoms with Gasteiger partial charge in [0.15, 0.2) is 5.82 Å². The standard InChI is InChI=1S/C40H39ClF2N10O3S/c1-20-11-40(12-21(2)15-51(40)14-20)19-56-37-47-33-26(10-28(41)31(32(33)43)25-6-7-29(42)34-30(25)27(13-44)35(45)57-34)36(48-37)50-9-8-39(17-50)18-55-22(3)16-52(39)38(54)53-24(5)46-23(4)49-53/h6-7,10,22H,1-2,8-9,11-12,14-19,45H2,3-5H3/t22?,39-/m1/s1. The summed E-state index contributed by atoms with van der Waals surface area (Å²) >= 11 is 7.90. The number of rotatable bonds is 5. The molecule has 4 aliphatic rings. The normalized spacial score (nSPS) is 22.0. The molecular weight excluding hydrogens is 774 g/mol. The Balaban J connectivity index is 1.17. The average Bonchev–Trinajstić information content (AvgIpc) is 3.96. The highest BCUT2D eigenvalue weighted by molar-refractivity contribution is 7.23. The van der Waals surface area contributed by atoms with Crippen LogP contribution >= 0.6 is 22.9 Å². The Morgan fingerprint density at radius 1 is 1.19 bits per heavy atom. The van der Waals surface area contributed by atoms with Crippen molar-refractivity contribution in [1.29, 1.82) is 5.26 Å². The third kappa shape index (κ3) is 5.93. The maximum absolute atomic E-state index is 17.4. The number of nitrogens with zero attached hydrogens (tertiary/aromatic N) is 9. The van der Waals surface area contributed by atoms with Gasteiger partial charge in [0.25, 0.3) is 0 Å². The Morgan fingerprint density at radius 3 is 2.65 bits per heavy atom. The molecule has 9 rings (SSSR count). The number of hydrogen-bond donors (Lipinski definition) is 1. The summed E-state index contributed by atoms with van der Waals surface area (Å²) in [5.41, 5.74) is 7.25. The zero-order valence-corrected chi connectivity index (χ0v) is 33.2. The second-order valence-corrected chi connectivity index (χ2v) is 17.2. The first-order chi connectivity index (χ1) is 27.2. The zero-order chi connectivity index (χ0) is 40.1. The highest BCUT2D eigenvalue weighted by atomic mass is 35.5. The van der Waals surface area contributed by atoms with Crippen molar-refractivity contribution in [3.05, 3.63) is 76.4 Å². The summed E-state index contributed by atoms with van der Waals surface area (Å²) in [6.45, 7) is 16.8. The van der Waals surface area contributed by atoms with Crippen molar-refractivity contribution in [2.75, 3.05) is 56.6 Å². The molecule has 5 aromatic rings. The number of ether oxygens (including phenoxy) is 2. The fourth-order valence-electron chi connectivity index (χ4n) is 9.22. The van der Waals surface area contributed by atoms with Gasteiger partial charge in [-0.3, -0.25) is 4.90 Å². The third-order valence-electron chi connectivity index (χ3n) is 11.7. The summed E-state index contributed by atoms with van der Waals surface area (Å²) in [7, 11) is 0. The Bertz CT molecular complexity index is 2600. The number of carbonyl (C=O) groups is 1. The lowest BCUT2D eigenvalue weighted by molar-refractivity contribution is -0.0768. The third-order valence-corrected chi connectivity index (χ3v) is 13.1. The monoisotopic (exact) mass is 812 g/mol. The molecule has 4 fully saturated rings. The molecule has 0 saturated carbocycles. The number of aryl methyl sites for hydroxylation is 2. The van der Waals surface area contributed by atoms with Crippen molar-refractivity contribution in [3.63, 3.8) is 0 Å². The first kappa shape index (κ1) is 37.4. The van der Waals surface area contributed by atoms with E-state index in [0.717, 1.165) is 35.6 Å². The van der Waals surface area contributed by atoms with Crippen LogP contribution in [-0.2, 0) is 4.74 Å². The van der Waals surface area contributed by atoms with Crippen LogP contribution in [0.15, 0.2) is 42.5 Å². The van der Waals surface area contributed by atoms with Crippen molar-refractivity contribution in [3.8, 4) is 23.2 Å². The van der Waals surface area contributed by atoms with E-state index in [0.29, 0.717) is 61.7 Å². The number of nitriles is 1. The smallest absolute Gasteiger partial charge is 0.347 e. The van der Waals surface area contributed by atoms with Crippen LogP contribution in [0.2, 0.25) is 5.02 Å². The van der Waals surface area contributed by atoms with E-state index in [1.807, 2.05) is 22.8 Å². The molecule has 0 radical (unpaired) electrons. The molecule has 1 amide bonds. The van der Waals surface area contributed by atoms with Gasteiger partial charge in [-0.1, -0.05) is 42.0 Å². The van der Waals surface area contributed by atoms with Crippen LogP contribution in [0, 0.1) is 36.8 Å². The maximum atomic E-state index is 17.4. The predicted octanol–water partition coefficient (Wildman–Crippen LogP) is 6.78. The topological polar surface area (TPSA) is 152 Å². The number of morpholine rings is 1. The van der Waals surface area contributed by atoms with E-state index < -0.39 is 17.2 Å². The molecular formula is C40H39ClF2N10O3S. The van der Waals surface area contributed by atoms with E-state index in [4.69, 9.17) is 31.8 Å². The maximum Gasteiger partial charge on any atom is 0.347 e. The molecule has 2 aromatic carbocycles. The van der Waals surface area contributed by atoms with Crippen LogP contribution in [0.1, 0.15) is 43.4 Å². The van der Waals surface area contributed by atoms with Gasteiger partial charge in [0.05, 0.1) is 39.1 Å². The van der Waals surface area contributed by atoms with Crippen molar-refractivity contribution in [1.82, 2.24) is 34.5 Å². The molecule has 3 aromatic heterocycles. The molecule has 0 aliphatic carbocycles. The fraction of sp³-hybridized carbons (Fsp3) is 0.400. The molecule has 294 valence electrons. The molecule has 2 N–H and O–H groups in total. The van der Waals surface area contributed by atoms with E-state index in [9.17, 15) is 10.1 Å². The van der Waals surface area contributed by atoms with E-state index in [-0.39, 0.29) is 79.2 Å². The summed E-state index contributed by atoms with van der Waals surface area (Å²) in [5.74, 6) is -0.0601. The van der Waals surface area contributed by atoms with Crippen LogP contribution < -0.4 is 15.4 Å². The SMILES string of the molecule is C=C1CN2CC(=C)CC2(COc2nc(N3CC[C@]4(COC(C)CN4C(=O)n4nc(C)nc4C)C3)c3cc(Cl)c(-c4ccc(F)c5sc(N)c(C#N)c45)c(F)c3n2)C1. The average molecular weight is 813 g/mol. The van der Waals surface area contributed by atoms with Crippen LogP contribution in [0.3, 0.4) is 0 Å². The highest BCUT2D eigenvalue weighted by Gasteiger charge is 2.51. The number of fused-ring (bicyclic) bond motifs is 3. The van der Waals surface area contributed by atoms with Gasteiger partial charge in [0.1, 0.15) is 46.5 Å². The Kier molecular flexibility index (Phi) is 8.81. The number of thiophene rings is 1. The molecule has 2 atom stereocenters. The first-order valence-corrected chi connectivity index (χ1v) is 19.8. The molecule has 0 bridgehead atoms. The van der Waals surface area contributed by atoms with Crippen molar-refractivity contribution >= 4 is 60.8 Å². The largest absolute Gasteiger partial charge is 0.461 e. The predicted molar refractivity (Wildman–Crippen MR) is 214 cm³/mol. The Labute approximate surface area is 335 Å². The Morgan fingerprint density at radius 2 is 1.95 bits per heavy atom. The summed E-state index contributed by atoms with van der Waals surface area (Å²) in [6.07, 6.45) is 1.72. The van der Waals surface area contributed by atoms with Crippen molar-refractivity contribution in [2.24, 2.45) is 0 Å². The molecule has 4 aliphatic heterocycles. The number of nitrogens with two attached hydrogens (primary N) is 1. The fourth-order valence-corrected chi connectivity index (χ4v) is 10.5. The van der Waals surface area contributed by atoms with Gasteiger partial charge in [0, 0.05) is 49.1 Å². The van der Waals surface area contributed by atoms with E-state index in [2.05, 4.69) is 33.1 Å². The van der Waals surface area contributed by atoms with E-state index in [1.165, 1.54) is 16.8 Å². The van der Waals surface area contributed by atoms with Crippen LogP contribution in [-0.4, -0.2) is 104 Å². The zero-order valence-electron chi connectivity index (χ0n) is 31.7. The van der Waals surface area contributed by atoms with Crippen molar-refractivity contribution < 1.29 is 23.0 Å². The van der Waals surface area contributed by atoms with E-state index in [1.54, 1.807) is 19.9 Å². The minimum Gasteiger partial charge on any atom is -0.461 e. The number of hydrogen-bond acceptors (Lipinski definition) is 12. The lowest BCUT2D eigenvalue weighted by atomic mass is 9.92. The number of carbonyl (C=O) groups excluding carboxylic acids is 1. The molecule has 1 spiro atoms. The summed E-state index contributed by atoms with van der Waals surface area (Å²) in [4.78, 5) is 34.2. The van der Waals surface area contributed by atoms with Crippen molar-refractivity contribution in [2.45, 2.75) is 57.2 Å². The van der Waals surface area contributed by atoms with Crippen LogP contribution in [0.4, 0.5) is 24.4 Å². The minimum absolute atomic E-state index is 0.00104. The van der Waals surface area contributed by atoms with E-state index >= 15 is 8.78 Å². The second-order valence-electron chi connectivity index (χ2n) is 15.8. The van der Waals surface area contributed by atoms with Gasteiger partial charge < -0.3 is 25.0 Å². The first-order valence-electron chi connectivity index (χ1n) is 18.6. The summed E-state index contributed by atoms with van der Waals surface area (Å²) in [6, 6.07) is 5.88. The van der Waals surface area contributed by atoms with Gasteiger partial charge in [-0.2, -0.15) is 19.9 Å². The van der Waals surface area contributed by atoms with Crippen LogP contribution in [0.5, 0.6) is 6.01 Å². The van der Waals surface area contributed by atoms with Crippen LogP contribution in [0.25, 0.3) is 32.1 Å². The highest BCUT2D eigenvalue weighted by Crippen LogP contribution is 2.47. The van der Waals surface area contributed by atoms with Gasteiger partial charge in [-0.05, 0) is 57.7 Å². The number of aromatic nitrogens is 5. The molecule has 1 unspecified atom stereocenters. The van der Waals surface area contributed by atoms with Gasteiger partial charge in [-0.15, -0.1) is 16.4 Å². The number of amides is 1. The Hall–Kier alpha value is -5.21. The van der Waals surface area contributed by atoms with Gasteiger partial charge in [-0.25, -0.2) is 18.6 Å². The minimum atomic E-state index is -0.798. The molecule has 13 nitrogen and oxygen atoms in total.